The van der Waals surface area contributed by atoms with Crippen molar-refractivity contribution in [3.05, 3.63) is 91.6 Å². The van der Waals surface area contributed by atoms with Gasteiger partial charge in [0.25, 0.3) is 5.91 Å². The van der Waals surface area contributed by atoms with E-state index in [0.29, 0.717) is 12.4 Å². The molecule has 3 rings (SSSR count). The van der Waals surface area contributed by atoms with E-state index in [0.717, 1.165) is 20.1 Å². The highest BCUT2D eigenvalue weighted by Gasteiger charge is 2.11. The summed E-state index contributed by atoms with van der Waals surface area (Å²) >= 11 is 12.9. The number of nitrogens with zero attached hydrogens (tertiary/aromatic N) is 2. The fraction of sp³-hybridized carbons (Fsp3) is 0.0500. The molecular weight excluding hydrogens is 510 g/mol. The van der Waals surface area contributed by atoms with Gasteiger partial charge in [0.15, 0.2) is 0 Å². The van der Waals surface area contributed by atoms with E-state index < -0.39 is 5.91 Å². The lowest BCUT2D eigenvalue weighted by Crippen LogP contribution is -2.18. The van der Waals surface area contributed by atoms with Crippen LogP contribution in [0.4, 0.5) is 0 Å². The second kappa shape index (κ2) is 9.82. The zero-order chi connectivity index (χ0) is 19.9. The molecule has 0 aliphatic carbocycles. The van der Waals surface area contributed by atoms with Crippen LogP contribution in [0.25, 0.3) is 0 Å². The summed E-state index contributed by atoms with van der Waals surface area (Å²) in [5.41, 5.74) is 4.53. The normalized spacial score (nSPS) is 10.8. The Bertz CT molecular complexity index is 990. The van der Waals surface area contributed by atoms with Crippen molar-refractivity contribution in [1.82, 2.24) is 10.4 Å². The minimum atomic E-state index is -0.435. The molecule has 1 heterocycles. The molecule has 0 atom stereocenters. The molecule has 0 fully saturated rings. The second-order valence-electron chi connectivity index (χ2n) is 5.63. The lowest BCUT2D eigenvalue weighted by atomic mass is 10.2. The van der Waals surface area contributed by atoms with Gasteiger partial charge in [-0.05, 0) is 67.3 Å². The lowest BCUT2D eigenvalue weighted by Gasteiger charge is -2.11. The summed E-state index contributed by atoms with van der Waals surface area (Å²) < 4.78 is 7.42. The zero-order valence-electron chi connectivity index (χ0n) is 14.4. The van der Waals surface area contributed by atoms with E-state index >= 15 is 0 Å². The molecule has 0 spiro atoms. The molecule has 0 radical (unpaired) electrons. The van der Waals surface area contributed by atoms with Gasteiger partial charge in [-0.25, -0.2) is 10.4 Å². The number of hydrogen-bond donors (Lipinski definition) is 1. The molecule has 0 aliphatic heterocycles. The first-order valence-corrected chi connectivity index (χ1v) is 10.1. The molecule has 0 aliphatic rings. The standard InChI is InChI=1S/C20H14Br2ClN3O2/c21-16-9-14(11-25-26-20(27)15-7-4-8-24-19(15)23)10-17(22)18(16)28-12-13-5-2-1-3-6-13/h1-11H,12H2,(H,26,27). The number of halogens is 3. The van der Waals surface area contributed by atoms with Crippen molar-refractivity contribution in [3.8, 4) is 5.75 Å². The van der Waals surface area contributed by atoms with Gasteiger partial charge in [0, 0.05) is 6.20 Å². The molecule has 1 aromatic heterocycles. The molecule has 142 valence electrons. The van der Waals surface area contributed by atoms with Gasteiger partial charge in [0.05, 0.1) is 20.7 Å². The average Bonchev–Trinajstić information content (AvgIpc) is 2.68. The highest BCUT2D eigenvalue weighted by Crippen LogP contribution is 2.35. The Labute approximate surface area is 184 Å². The Morgan fingerprint density at radius 2 is 1.86 bits per heavy atom. The first-order chi connectivity index (χ1) is 13.5. The van der Waals surface area contributed by atoms with Crippen molar-refractivity contribution >= 4 is 55.6 Å². The summed E-state index contributed by atoms with van der Waals surface area (Å²) in [5, 5.41) is 4.10. The van der Waals surface area contributed by atoms with E-state index in [1.54, 1.807) is 12.1 Å². The molecule has 8 heteroatoms. The van der Waals surface area contributed by atoms with Crippen LogP contribution >= 0.6 is 43.5 Å². The van der Waals surface area contributed by atoms with Crippen LogP contribution in [0.15, 0.2) is 74.8 Å². The molecule has 3 aromatic rings. The largest absolute Gasteiger partial charge is 0.487 e. The van der Waals surface area contributed by atoms with Gasteiger partial charge in [0.2, 0.25) is 0 Å². The number of nitrogens with one attached hydrogen (secondary N) is 1. The fourth-order valence-electron chi connectivity index (χ4n) is 2.30. The third-order valence-corrected chi connectivity index (χ3v) is 5.11. The first kappa shape index (κ1) is 20.5. The van der Waals surface area contributed by atoms with Crippen molar-refractivity contribution in [2.24, 2.45) is 5.10 Å². The maximum Gasteiger partial charge on any atom is 0.274 e. The molecule has 28 heavy (non-hydrogen) atoms. The Morgan fingerprint density at radius 3 is 2.54 bits per heavy atom. The molecular formula is C20H14Br2ClN3O2. The fourth-order valence-corrected chi connectivity index (χ4v) is 3.96. The quantitative estimate of drug-likeness (QED) is 0.260. The third-order valence-electron chi connectivity index (χ3n) is 3.63. The monoisotopic (exact) mass is 521 g/mol. The van der Waals surface area contributed by atoms with E-state index in [1.807, 2.05) is 42.5 Å². The number of rotatable bonds is 6. The van der Waals surface area contributed by atoms with Crippen molar-refractivity contribution in [2.45, 2.75) is 6.61 Å². The Kier molecular flexibility index (Phi) is 7.19. The topological polar surface area (TPSA) is 63.6 Å². The smallest absolute Gasteiger partial charge is 0.274 e. The maximum absolute atomic E-state index is 12.1. The number of carbonyl (C=O) groups excluding carboxylic acids is 1. The van der Waals surface area contributed by atoms with Gasteiger partial charge in [-0.2, -0.15) is 5.10 Å². The molecule has 0 unspecified atom stereocenters. The second-order valence-corrected chi connectivity index (χ2v) is 7.70. The Hall–Kier alpha value is -2.22. The van der Waals surface area contributed by atoms with Crippen LogP contribution in [0.5, 0.6) is 5.75 Å². The number of carbonyl (C=O) groups is 1. The van der Waals surface area contributed by atoms with E-state index in [-0.39, 0.29) is 10.7 Å². The van der Waals surface area contributed by atoms with Crippen LogP contribution in [0.2, 0.25) is 5.15 Å². The molecule has 2 aromatic carbocycles. The predicted molar refractivity (Wildman–Crippen MR) is 117 cm³/mol. The zero-order valence-corrected chi connectivity index (χ0v) is 18.3. The first-order valence-electron chi connectivity index (χ1n) is 8.14. The highest BCUT2D eigenvalue weighted by molar-refractivity contribution is 9.11. The number of pyridine rings is 1. The summed E-state index contributed by atoms with van der Waals surface area (Å²) in [7, 11) is 0. The van der Waals surface area contributed by atoms with Gasteiger partial charge in [-0.1, -0.05) is 41.9 Å². The maximum atomic E-state index is 12.1. The average molecular weight is 524 g/mol. The summed E-state index contributed by atoms with van der Waals surface area (Å²) in [6, 6.07) is 16.8. The minimum Gasteiger partial charge on any atom is -0.487 e. The summed E-state index contributed by atoms with van der Waals surface area (Å²) in [4.78, 5) is 15.9. The number of aromatic nitrogens is 1. The predicted octanol–water partition coefficient (Wildman–Crippen LogP) is 5.60. The van der Waals surface area contributed by atoms with Crippen molar-refractivity contribution in [3.63, 3.8) is 0 Å². The van der Waals surface area contributed by atoms with Gasteiger partial charge >= 0.3 is 0 Å². The Balaban J connectivity index is 1.66. The molecule has 5 nitrogen and oxygen atoms in total. The number of amides is 1. The van der Waals surface area contributed by atoms with E-state index in [1.165, 1.54) is 12.4 Å². The summed E-state index contributed by atoms with van der Waals surface area (Å²) in [5.74, 6) is 0.252. The molecule has 0 bridgehead atoms. The third kappa shape index (κ3) is 5.41. The molecule has 1 N–H and O–H groups in total. The highest BCUT2D eigenvalue weighted by atomic mass is 79.9. The summed E-state index contributed by atoms with van der Waals surface area (Å²) in [6.45, 7) is 0.452. The SMILES string of the molecule is O=C(NN=Cc1cc(Br)c(OCc2ccccc2)c(Br)c1)c1cccnc1Cl. The van der Waals surface area contributed by atoms with Gasteiger partial charge < -0.3 is 4.74 Å². The number of ether oxygens (including phenoxy) is 1. The van der Waals surface area contributed by atoms with Gasteiger partial charge in [-0.3, -0.25) is 4.79 Å². The van der Waals surface area contributed by atoms with E-state index in [9.17, 15) is 4.79 Å². The van der Waals surface area contributed by atoms with E-state index in [4.69, 9.17) is 16.3 Å². The van der Waals surface area contributed by atoms with Gasteiger partial charge in [-0.15, -0.1) is 0 Å². The van der Waals surface area contributed by atoms with Crippen LogP contribution in [0.1, 0.15) is 21.5 Å². The van der Waals surface area contributed by atoms with Crippen LogP contribution in [0, 0.1) is 0 Å². The van der Waals surface area contributed by atoms with Crippen LogP contribution in [0.3, 0.4) is 0 Å². The van der Waals surface area contributed by atoms with Gasteiger partial charge in [0.1, 0.15) is 17.5 Å². The number of hydrogen-bond acceptors (Lipinski definition) is 4. The molecule has 0 saturated heterocycles. The van der Waals surface area contributed by atoms with Crippen molar-refractivity contribution < 1.29 is 9.53 Å². The lowest BCUT2D eigenvalue weighted by molar-refractivity contribution is 0.0955. The number of benzene rings is 2. The molecule has 0 saturated carbocycles. The van der Waals surface area contributed by atoms with E-state index in [2.05, 4.69) is 47.4 Å². The van der Waals surface area contributed by atoms with Crippen LogP contribution in [-0.2, 0) is 6.61 Å². The minimum absolute atomic E-state index is 0.126. The summed E-state index contributed by atoms with van der Waals surface area (Å²) in [6.07, 6.45) is 3.04. The van der Waals surface area contributed by atoms with Crippen molar-refractivity contribution in [2.75, 3.05) is 0 Å². The Morgan fingerprint density at radius 1 is 1.14 bits per heavy atom. The van der Waals surface area contributed by atoms with Crippen LogP contribution < -0.4 is 10.2 Å². The van der Waals surface area contributed by atoms with Crippen molar-refractivity contribution in [1.29, 1.82) is 0 Å². The molecule has 1 amide bonds. The number of hydrazone groups is 1. The van der Waals surface area contributed by atoms with Crippen LogP contribution in [-0.4, -0.2) is 17.1 Å².